The van der Waals surface area contributed by atoms with Crippen LogP contribution in [0.15, 0.2) is 0 Å². The molecule has 0 amide bonds. The van der Waals surface area contributed by atoms with Gasteiger partial charge in [-0.3, -0.25) is 4.79 Å². The van der Waals surface area contributed by atoms with Gasteiger partial charge in [0, 0.05) is 5.41 Å². The minimum absolute atomic E-state index is 0.138. The molecule has 1 unspecified atom stereocenters. The van der Waals surface area contributed by atoms with Crippen LogP contribution >= 0.6 is 7.47 Å². The van der Waals surface area contributed by atoms with Gasteiger partial charge >= 0.3 is 0 Å². The Bertz CT molecular complexity index is 176. The quantitative estimate of drug-likeness (QED) is 0.497. The number of hydrogen-bond donors (Lipinski definition) is 0. The molecule has 0 aliphatic heterocycles. The maximum absolute atomic E-state index is 11.9. The van der Waals surface area contributed by atoms with E-state index in [9.17, 15) is 4.79 Å². The maximum Gasteiger partial charge on any atom is 0.155 e. The van der Waals surface area contributed by atoms with Crippen molar-refractivity contribution < 1.29 is 4.79 Å². The second-order valence-corrected chi connectivity index (χ2v) is 17.2. The van der Waals surface area contributed by atoms with Crippen molar-refractivity contribution in [2.24, 2.45) is 5.41 Å². The lowest BCUT2D eigenvalue weighted by Crippen LogP contribution is -2.28. The third kappa shape index (κ3) is 3.36. The Morgan fingerprint density at radius 3 is 1.58 bits per heavy atom. The van der Waals surface area contributed by atoms with Crippen molar-refractivity contribution in [3.05, 3.63) is 0 Å². The van der Waals surface area contributed by atoms with E-state index < -0.39 is 7.74 Å². The fraction of sp³-hybridized carbons (Fsp3) is 0.889. The van der Waals surface area contributed by atoms with Crippen LogP contribution in [0.25, 0.3) is 0 Å². The van der Waals surface area contributed by atoms with Gasteiger partial charge in [0.15, 0.2) is 5.52 Å². The summed E-state index contributed by atoms with van der Waals surface area (Å²) in [6.45, 7) is 15.1. The van der Waals surface area contributed by atoms with E-state index in [2.05, 4.69) is 26.3 Å². The van der Waals surface area contributed by atoms with Gasteiger partial charge in [0.2, 0.25) is 0 Å². The van der Waals surface area contributed by atoms with Crippen LogP contribution in [0.2, 0.25) is 19.6 Å². The predicted molar refractivity (Wildman–Crippen MR) is 60.7 cm³/mol. The molecule has 0 fully saturated rings. The SMILES string of the molecule is CP(C(=O)C(C)(C)C)[Si](C)(C)C. The lowest BCUT2D eigenvalue weighted by Gasteiger charge is -2.30. The molecule has 0 rings (SSSR count). The standard InChI is InChI=1S/C9H21OPSi/c1-9(2,3)8(10)11(4)12(5,6)7/h1-7H3. The molecule has 0 radical (unpaired) electrons. The molecule has 0 aliphatic rings. The molecular formula is C9H21OPSi. The molecular weight excluding hydrogens is 183 g/mol. The van der Waals surface area contributed by atoms with E-state index >= 15 is 0 Å². The maximum atomic E-state index is 11.9. The second-order valence-electron chi connectivity index (χ2n) is 5.28. The summed E-state index contributed by atoms with van der Waals surface area (Å²) in [5.74, 6) is 0. The number of rotatable bonds is 2. The Kier molecular flexibility index (Phi) is 3.69. The van der Waals surface area contributed by atoms with E-state index in [4.69, 9.17) is 0 Å². The first-order valence-electron chi connectivity index (χ1n) is 4.35. The molecule has 0 N–H and O–H groups in total. The lowest BCUT2D eigenvalue weighted by molar-refractivity contribution is -0.117. The van der Waals surface area contributed by atoms with Crippen molar-refractivity contribution in [2.75, 3.05) is 6.66 Å². The van der Waals surface area contributed by atoms with Gasteiger partial charge in [-0.2, -0.15) is 0 Å². The monoisotopic (exact) mass is 204 g/mol. The Labute approximate surface area is 78.6 Å². The first kappa shape index (κ1) is 12.3. The summed E-state index contributed by atoms with van der Waals surface area (Å²) in [4.78, 5) is 11.9. The minimum atomic E-state index is -1.22. The van der Waals surface area contributed by atoms with Gasteiger partial charge in [-0.25, -0.2) is 0 Å². The third-order valence-corrected chi connectivity index (χ3v) is 11.9. The number of carbonyl (C=O) groups excluding carboxylic acids is 1. The van der Waals surface area contributed by atoms with Crippen LogP contribution < -0.4 is 0 Å². The molecule has 0 heterocycles. The van der Waals surface area contributed by atoms with E-state index in [-0.39, 0.29) is 12.9 Å². The summed E-state index contributed by atoms with van der Waals surface area (Å²) >= 11 is 0. The van der Waals surface area contributed by atoms with Crippen LogP contribution in [0.3, 0.4) is 0 Å². The van der Waals surface area contributed by atoms with Gasteiger partial charge < -0.3 is 0 Å². The van der Waals surface area contributed by atoms with Gasteiger partial charge in [0.25, 0.3) is 0 Å². The fourth-order valence-corrected chi connectivity index (χ4v) is 5.26. The van der Waals surface area contributed by atoms with E-state index in [1.807, 2.05) is 20.8 Å². The van der Waals surface area contributed by atoms with Crippen molar-refractivity contribution >= 4 is 20.7 Å². The van der Waals surface area contributed by atoms with Gasteiger partial charge in [0.1, 0.15) is 0 Å². The molecule has 0 aromatic heterocycles. The van der Waals surface area contributed by atoms with E-state index in [1.165, 1.54) is 0 Å². The topological polar surface area (TPSA) is 17.1 Å². The van der Waals surface area contributed by atoms with Gasteiger partial charge in [-0.15, -0.1) is 0 Å². The Morgan fingerprint density at radius 1 is 1.17 bits per heavy atom. The molecule has 0 spiro atoms. The molecule has 1 nitrogen and oxygen atoms in total. The molecule has 3 heteroatoms. The van der Waals surface area contributed by atoms with E-state index in [0.29, 0.717) is 5.52 Å². The molecule has 0 aromatic carbocycles. The first-order valence-corrected chi connectivity index (χ1v) is 10.5. The summed E-state index contributed by atoms with van der Waals surface area (Å²) in [5, 5.41) is 0. The highest BCUT2D eigenvalue weighted by atomic mass is 31.4. The fourth-order valence-electron chi connectivity index (χ4n) is 0.808. The zero-order valence-corrected chi connectivity index (χ0v) is 11.2. The van der Waals surface area contributed by atoms with E-state index in [0.717, 1.165) is 0 Å². The van der Waals surface area contributed by atoms with Crippen molar-refractivity contribution in [3.8, 4) is 0 Å². The zero-order chi connectivity index (χ0) is 10.2. The average Bonchev–Trinajstić information content (AvgIpc) is 1.80. The molecule has 12 heavy (non-hydrogen) atoms. The average molecular weight is 204 g/mol. The highest BCUT2D eigenvalue weighted by Crippen LogP contribution is 2.48. The van der Waals surface area contributed by atoms with Crippen LogP contribution in [-0.4, -0.2) is 19.9 Å². The van der Waals surface area contributed by atoms with Crippen LogP contribution in [0.1, 0.15) is 20.8 Å². The summed E-state index contributed by atoms with van der Waals surface area (Å²) in [6, 6.07) is 0. The summed E-state index contributed by atoms with van der Waals surface area (Å²) < 4.78 is 0. The van der Waals surface area contributed by atoms with Gasteiger partial charge in [0.05, 0.1) is 7.74 Å². The molecule has 72 valence electrons. The summed E-state index contributed by atoms with van der Waals surface area (Å²) in [5.41, 5.74) is 0.345. The molecule has 0 saturated heterocycles. The molecule has 0 aromatic rings. The zero-order valence-electron chi connectivity index (χ0n) is 9.36. The predicted octanol–water partition coefficient (Wildman–Crippen LogP) is 3.51. The van der Waals surface area contributed by atoms with Crippen LogP contribution in [0.4, 0.5) is 0 Å². The van der Waals surface area contributed by atoms with Crippen molar-refractivity contribution in [1.29, 1.82) is 0 Å². The highest BCUT2D eigenvalue weighted by molar-refractivity contribution is 8.05. The smallest absolute Gasteiger partial charge is 0.155 e. The first-order chi connectivity index (χ1) is 5.07. The minimum Gasteiger partial charge on any atom is -0.294 e. The largest absolute Gasteiger partial charge is 0.294 e. The molecule has 0 aliphatic carbocycles. The van der Waals surface area contributed by atoms with Crippen LogP contribution in [0, 0.1) is 5.41 Å². The number of carbonyl (C=O) groups is 1. The van der Waals surface area contributed by atoms with Crippen molar-refractivity contribution in [1.82, 2.24) is 0 Å². The molecule has 0 saturated carbocycles. The van der Waals surface area contributed by atoms with Gasteiger partial charge in [-0.1, -0.05) is 47.9 Å². The molecule has 1 atom stereocenters. The Morgan fingerprint density at radius 2 is 1.50 bits per heavy atom. The molecule has 0 bridgehead atoms. The highest BCUT2D eigenvalue weighted by Gasteiger charge is 2.34. The lowest BCUT2D eigenvalue weighted by atomic mass is 10.00. The Balaban J connectivity index is 4.53. The van der Waals surface area contributed by atoms with Crippen molar-refractivity contribution in [2.45, 2.75) is 40.4 Å². The normalized spacial score (nSPS) is 15.9. The van der Waals surface area contributed by atoms with Crippen LogP contribution in [0.5, 0.6) is 0 Å². The van der Waals surface area contributed by atoms with Crippen LogP contribution in [-0.2, 0) is 4.79 Å². The summed E-state index contributed by atoms with van der Waals surface area (Å²) in [7, 11) is -1.59. The third-order valence-electron chi connectivity index (χ3n) is 1.95. The van der Waals surface area contributed by atoms with E-state index in [1.54, 1.807) is 0 Å². The number of hydrogen-bond acceptors (Lipinski definition) is 1. The van der Waals surface area contributed by atoms with Crippen molar-refractivity contribution in [3.63, 3.8) is 0 Å². The Hall–Kier alpha value is 0.317. The summed E-state index contributed by atoms with van der Waals surface area (Å²) in [6.07, 6.45) is 0. The van der Waals surface area contributed by atoms with Gasteiger partial charge in [-0.05, 0) is 6.66 Å². The second kappa shape index (κ2) is 3.59.